The van der Waals surface area contributed by atoms with E-state index in [0.29, 0.717) is 17.5 Å². The molecule has 0 saturated heterocycles. The van der Waals surface area contributed by atoms with E-state index in [9.17, 15) is 0 Å². The summed E-state index contributed by atoms with van der Waals surface area (Å²) < 4.78 is 0. The van der Waals surface area contributed by atoms with Crippen LogP contribution in [0.2, 0.25) is 0 Å². The molecule has 1 heterocycles. The lowest BCUT2D eigenvalue weighted by molar-refractivity contribution is 0.156. The predicted molar refractivity (Wildman–Crippen MR) is 94.0 cm³/mol. The molecule has 21 heavy (non-hydrogen) atoms. The molecule has 1 aromatic rings. The van der Waals surface area contributed by atoms with Gasteiger partial charge in [-0.05, 0) is 62.6 Å². The van der Waals surface area contributed by atoms with Crippen molar-refractivity contribution >= 4 is 11.3 Å². The molecule has 1 atom stereocenters. The van der Waals surface area contributed by atoms with Gasteiger partial charge in [-0.15, -0.1) is 11.3 Å². The second-order valence-electron chi connectivity index (χ2n) is 7.82. The molecule has 0 radical (unpaired) electrons. The minimum absolute atomic E-state index is 0.480. The summed E-state index contributed by atoms with van der Waals surface area (Å²) in [4.78, 5) is 3.80. The lowest BCUT2D eigenvalue weighted by Crippen LogP contribution is -2.40. The van der Waals surface area contributed by atoms with E-state index in [0.717, 1.165) is 12.5 Å². The van der Waals surface area contributed by atoms with Gasteiger partial charge in [-0.25, -0.2) is 0 Å². The van der Waals surface area contributed by atoms with E-state index < -0.39 is 0 Å². The second-order valence-corrected chi connectivity index (χ2v) is 8.80. The Kier molecular flexibility index (Phi) is 5.87. The number of nitrogens with one attached hydrogen (secondary N) is 1. The Morgan fingerprint density at radius 1 is 1.24 bits per heavy atom. The van der Waals surface area contributed by atoms with E-state index >= 15 is 0 Å². The first kappa shape index (κ1) is 17.0. The summed E-state index contributed by atoms with van der Waals surface area (Å²) in [7, 11) is 4.37. The largest absolute Gasteiger partial charge is 0.312 e. The second kappa shape index (κ2) is 7.26. The van der Waals surface area contributed by atoms with Gasteiger partial charge in [-0.3, -0.25) is 0 Å². The fourth-order valence-electron chi connectivity index (χ4n) is 3.46. The fourth-order valence-corrected chi connectivity index (χ4v) is 4.38. The van der Waals surface area contributed by atoms with Crippen LogP contribution >= 0.6 is 11.3 Å². The van der Waals surface area contributed by atoms with Crippen molar-refractivity contribution in [2.75, 3.05) is 20.6 Å². The van der Waals surface area contributed by atoms with E-state index in [4.69, 9.17) is 0 Å². The van der Waals surface area contributed by atoms with Gasteiger partial charge in [0.05, 0.1) is 6.04 Å². The first-order chi connectivity index (χ1) is 9.88. The summed E-state index contributed by atoms with van der Waals surface area (Å²) in [6, 6.07) is 5.63. The van der Waals surface area contributed by atoms with Crippen LogP contribution in [-0.4, -0.2) is 31.6 Å². The third kappa shape index (κ3) is 4.80. The van der Waals surface area contributed by atoms with Gasteiger partial charge in [0, 0.05) is 17.5 Å². The molecule has 2 rings (SSSR count). The lowest BCUT2D eigenvalue weighted by atomic mass is 9.71. The first-order valence-electron chi connectivity index (χ1n) is 8.31. The Morgan fingerprint density at radius 2 is 1.90 bits per heavy atom. The van der Waals surface area contributed by atoms with Crippen LogP contribution in [0.3, 0.4) is 0 Å². The van der Waals surface area contributed by atoms with Crippen molar-refractivity contribution in [3.63, 3.8) is 0 Å². The molecule has 1 unspecified atom stereocenters. The maximum Gasteiger partial charge on any atom is 0.0561 e. The molecule has 0 aromatic carbocycles. The van der Waals surface area contributed by atoms with Crippen molar-refractivity contribution in [1.29, 1.82) is 0 Å². The zero-order chi connectivity index (χ0) is 15.5. The van der Waals surface area contributed by atoms with Crippen molar-refractivity contribution in [3.8, 4) is 0 Å². The lowest BCUT2D eigenvalue weighted by Gasteiger charge is -2.38. The van der Waals surface area contributed by atoms with Gasteiger partial charge in [0.25, 0.3) is 0 Å². The molecule has 0 spiro atoms. The molecule has 1 fully saturated rings. The third-order valence-corrected chi connectivity index (χ3v) is 6.02. The molecule has 1 aliphatic rings. The van der Waals surface area contributed by atoms with Gasteiger partial charge in [0.15, 0.2) is 0 Å². The molecule has 120 valence electrons. The summed E-state index contributed by atoms with van der Waals surface area (Å²) in [6.45, 7) is 8.25. The Morgan fingerprint density at radius 3 is 2.38 bits per heavy atom. The van der Waals surface area contributed by atoms with E-state index in [1.54, 1.807) is 0 Å². The smallest absolute Gasteiger partial charge is 0.0561 e. The number of nitrogens with zero attached hydrogens (tertiary/aromatic N) is 1. The highest BCUT2D eigenvalue weighted by Crippen LogP contribution is 2.37. The zero-order valence-electron chi connectivity index (χ0n) is 14.4. The Bertz CT molecular complexity index is 397. The highest BCUT2D eigenvalue weighted by Gasteiger charge is 2.29. The molecule has 0 amide bonds. The minimum Gasteiger partial charge on any atom is -0.312 e. The predicted octanol–water partition coefficient (Wildman–Crippen LogP) is 4.55. The number of likely N-dealkylation sites (N-methyl/N-ethyl adjacent to an activating group) is 1. The monoisotopic (exact) mass is 308 g/mol. The van der Waals surface area contributed by atoms with Crippen molar-refractivity contribution < 1.29 is 0 Å². The van der Waals surface area contributed by atoms with E-state index in [1.165, 1.54) is 30.6 Å². The van der Waals surface area contributed by atoms with Crippen LogP contribution < -0.4 is 5.32 Å². The molecular weight excluding hydrogens is 276 g/mol. The first-order valence-corrected chi connectivity index (χ1v) is 9.19. The van der Waals surface area contributed by atoms with Crippen LogP contribution in [0.25, 0.3) is 0 Å². The summed E-state index contributed by atoms with van der Waals surface area (Å²) in [6.07, 6.45) is 5.44. The number of hydrogen-bond donors (Lipinski definition) is 1. The SMILES string of the molecule is CN(C)C(CNC1CCC(C(C)(C)C)CC1)c1cccs1. The van der Waals surface area contributed by atoms with Crippen LogP contribution in [0.5, 0.6) is 0 Å². The third-order valence-electron chi connectivity index (χ3n) is 5.05. The molecule has 3 heteroatoms. The Balaban J connectivity index is 1.81. The van der Waals surface area contributed by atoms with Crippen molar-refractivity contribution in [1.82, 2.24) is 10.2 Å². The topological polar surface area (TPSA) is 15.3 Å². The molecule has 2 nitrogen and oxygen atoms in total. The van der Waals surface area contributed by atoms with Gasteiger partial charge < -0.3 is 10.2 Å². The van der Waals surface area contributed by atoms with Gasteiger partial charge in [0.2, 0.25) is 0 Å². The normalized spacial score (nSPS) is 25.2. The van der Waals surface area contributed by atoms with E-state index in [1.807, 2.05) is 11.3 Å². The van der Waals surface area contributed by atoms with Gasteiger partial charge >= 0.3 is 0 Å². The maximum absolute atomic E-state index is 3.83. The molecule has 1 aromatic heterocycles. The standard InChI is InChI=1S/C18H32N2S/c1-18(2,3)14-8-10-15(11-9-14)19-13-16(20(4)5)17-7-6-12-21-17/h6-7,12,14-16,19H,8-11,13H2,1-5H3. The zero-order valence-corrected chi connectivity index (χ0v) is 15.2. The number of rotatable bonds is 5. The van der Waals surface area contributed by atoms with Crippen LogP contribution in [0.15, 0.2) is 17.5 Å². The van der Waals surface area contributed by atoms with Crippen LogP contribution in [0.4, 0.5) is 0 Å². The van der Waals surface area contributed by atoms with Crippen molar-refractivity contribution in [2.24, 2.45) is 11.3 Å². The molecule has 1 aliphatic carbocycles. The van der Waals surface area contributed by atoms with Gasteiger partial charge in [0.1, 0.15) is 0 Å². The van der Waals surface area contributed by atoms with Gasteiger partial charge in [-0.1, -0.05) is 26.8 Å². The van der Waals surface area contributed by atoms with Crippen LogP contribution in [-0.2, 0) is 0 Å². The average Bonchev–Trinajstić information content (AvgIpc) is 2.92. The molecule has 1 saturated carbocycles. The fraction of sp³-hybridized carbons (Fsp3) is 0.778. The summed E-state index contributed by atoms with van der Waals surface area (Å²) >= 11 is 1.87. The Hall–Kier alpha value is -0.380. The molecule has 0 aliphatic heterocycles. The van der Waals surface area contributed by atoms with E-state index in [2.05, 4.69) is 62.6 Å². The highest BCUT2D eigenvalue weighted by atomic mass is 32.1. The quantitative estimate of drug-likeness (QED) is 0.858. The van der Waals surface area contributed by atoms with Gasteiger partial charge in [-0.2, -0.15) is 0 Å². The molecule has 1 N–H and O–H groups in total. The summed E-state index contributed by atoms with van der Waals surface area (Å²) in [5.74, 6) is 0.900. The average molecular weight is 309 g/mol. The summed E-state index contributed by atoms with van der Waals surface area (Å²) in [5, 5.41) is 6.01. The highest BCUT2D eigenvalue weighted by molar-refractivity contribution is 7.10. The van der Waals surface area contributed by atoms with Crippen LogP contribution in [0, 0.1) is 11.3 Å². The van der Waals surface area contributed by atoms with E-state index in [-0.39, 0.29) is 0 Å². The Labute approximate surface area is 134 Å². The number of hydrogen-bond acceptors (Lipinski definition) is 3. The maximum atomic E-state index is 3.83. The summed E-state index contributed by atoms with van der Waals surface area (Å²) in [5.41, 5.74) is 0.480. The number of thiophene rings is 1. The van der Waals surface area contributed by atoms with Crippen LogP contribution in [0.1, 0.15) is 57.4 Å². The van der Waals surface area contributed by atoms with Crippen molar-refractivity contribution in [3.05, 3.63) is 22.4 Å². The minimum atomic E-state index is 0.480. The molecule has 0 bridgehead atoms. The van der Waals surface area contributed by atoms with Crippen molar-refractivity contribution in [2.45, 2.75) is 58.5 Å². The molecular formula is C18H32N2S.